The highest BCUT2D eigenvalue weighted by Gasteiger charge is 2.25. The van der Waals surface area contributed by atoms with E-state index in [1.165, 1.54) is 29.9 Å². The fourth-order valence-corrected chi connectivity index (χ4v) is 3.58. The van der Waals surface area contributed by atoms with Crippen molar-refractivity contribution in [1.82, 2.24) is 19.4 Å². The maximum atomic E-state index is 13.1. The van der Waals surface area contributed by atoms with Gasteiger partial charge in [0.2, 0.25) is 0 Å². The molecule has 0 unspecified atom stereocenters. The molecular weight excluding hydrogens is 322 g/mol. The summed E-state index contributed by atoms with van der Waals surface area (Å²) < 4.78 is 27.7. The molecule has 4 nitrogen and oxygen atoms in total. The summed E-state index contributed by atoms with van der Waals surface area (Å²) in [5, 5.41) is 0. The summed E-state index contributed by atoms with van der Waals surface area (Å²) in [7, 11) is 0. The van der Waals surface area contributed by atoms with Crippen LogP contribution in [0.4, 0.5) is 8.78 Å². The van der Waals surface area contributed by atoms with Crippen LogP contribution in [-0.4, -0.2) is 19.4 Å². The average Bonchev–Trinajstić information content (AvgIpc) is 3.16. The van der Waals surface area contributed by atoms with Crippen molar-refractivity contribution in [3.05, 3.63) is 65.1 Å². The van der Waals surface area contributed by atoms with Crippen molar-refractivity contribution in [1.29, 1.82) is 0 Å². The first-order valence-electron chi connectivity index (χ1n) is 8.52. The fraction of sp³-hybridized carbons (Fsp3) is 0.316. The molecule has 3 aromatic rings. The van der Waals surface area contributed by atoms with Crippen LogP contribution < -0.4 is 0 Å². The van der Waals surface area contributed by atoms with Crippen LogP contribution in [0.5, 0.6) is 0 Å². The minimum absolute atomic E-state index is 0.0905. The lowest BCUT2D eigenvalue weighted by molar-refractivity contribution is 0.145. The highest BCUT2D eigenvalue weighted by atomic mass is 19.3. The van der Waals surface area contributed by atoms with Gasteiger partial charge in [-0.25, -0.2) is 23.7 Å². The number of fused-ring (bicyclic) bond motifs is 2. The quantitative estimate of drug-likeness (QED) is 0.714. The number of alkyl halides is 2. The molecule has 0 radical (unpaired) electrons. The smallest absolute Gasteiger partial charge is 0.280 e. The Kier molecular flexibility index (Phi) is 3.20. The Bertz CT molecular complexity index is 1000. The molecule has 2 aliphatic rings. The van der Waals surface area contributed by atoms with Gasteiger partial charge in [0, 0.05) is 30.3 Å². The van der Waals surface area contributed by atoms with E-state index >= 15 is 0 Å². The second-order valence-electron chi connectivity index (χ2n) is 6.67. The molecule has 1 fully saturated rings. The Morgan fingerprint density at radius 1 is 1.12 bits per heavy atom. The van der Waals surface area contributed by atoms with Gasteiger partial charge in [0.15, 0.2) is 0 Å². The second-order valence-corrected chi connectivity index (χ2v) is 6.67. The molecule has 5 rings (SSSR count). The number of aromatic nitrogens is 4. The number of rotatable bonds is 3. The Morgan fingerprint density at radius 2 is 2.00 bits per heavy atom. The highest BCUT2D eigenvalue weighted by Crippen LogP contribution is 2.37. The molecule has 2 aliphatic carbocycles. The van der Waals surface area contributed by atoms with Gasteiger partial charge in [-0.15, -0.1) is 0 Å². The first-order valence-corrected chi connectivity index (χ1v) is 8.52. The summed E-state index contributed by atoms with van der Waals surface area (Å²) in [4.78, 5) is 13.3. The van der Waals surface area contributed by atoms with Crippen LogP contribution in [0.2, 0.25) is 0 Å². The standard InChI is InChI=1S/C19H16F2N4/c20-18(21)16-9-22-17-7-4-12(10-25(16)17)13-5-6-15-14(13)8-23-19(24-15)11-2-1-3-11/h4-5,7-11,18H,1-3,6H2. The lowest BCUT2D eigenvalue weighted by Gasteiger charge is -2.24. The number of allylic oxidation sites excluding steroid dienone is 1. The Balaban J connectivity index is 1.55. The van der Waals surface area contributed by atoms with Crippen LogP contribution in [0.15, 0.2) is 36.8 Å². The number of hydrogen-bond donors (Lipinski definition) is 0. The van der Waals surface area contributed by atoms with Gasteiger partial charge in [-0.1, -0.05) is 12.5 Å². The Labute approximate surface area is 143 Å². The Morgan fingerprint density at radius 3 is 2.76 bits per heavy atom. The first-order chi connectivity index (χ1) is 12.2. The largest absolute Gasteiger partial charge is 0.298 e. The second kappa shape index (κ2) is 5.44. The molecule has 126 valence electrons. The molecule has 0 N–H and O–H groups in total. The Hall–Kier alpha value is -2.63. The molecule has 25 heavy (non-hydrogen) atoms. The van der Waals surface area contributed by atoms with Gasteiger partial charge in [0.25, 0.3) is 6.43 Å². The van der Waals surface area contributed by atoms with Gasteiger partial charge < -0.3 is 0 Å². The van der Waals surface area contributed by atoms with Crippen molar-refractivity contribution >= 4 is 11.2 Å². The zero-order valence-corrected chi connectivity index (χ0v) is 13.5. The van der Waals surface area contributed by atoms with E-state index in [9.17, 15) is 8.78 Å². The molecular formula is C19H16F2N4. The topological polar surface area (TPSA) is 43.1 Å². The summed E-state index contributed by atoms with van der Waals surface area (Å²) in [6.07, 6.45) is 8.76. The lowest BCUT2D eigenvalue weighted by atomic mass is 9.85. The minimum atomic E-state index is -2.55. The van der Waals surface area contributed by atoms with Crippen LogP contribution in [0.1, 0.15) is 59.9 Å². The summed E-state index contributed by atoms with van der Waals surface area (Å²) in [5.41, 5.74) is 4.35. The van der Waals surface area contributed by atoms with Crippen molar-refractivity contribution in [3.63, 3.8) is 0 Å². The maximum absolute atomic E-state index is 13.1. The van der Waals surface area contributed by atoms with Crippen LogP contribution in [-0.2, 0) is 6.42 Å². The molecule has 0 amide bonds. The normalized spacial score (nSPS) is 17.0. The van der Waals surface area contributed by atoms with Crippen molar-refractivity contribution in [2.24, 2.45) is 0 Å². The van der Waals surface area contributed by atoms with Crippen molar-refractivity contribution in [2.75, 3.05) is 0 Å². The number of halogens is 2. The van der Waals surface area contributed by atoms with Gasteiger partial charge in [0.1, 0.15) is 17.2 Å². The third-order valence-electron chi connectivity index (χ3n) is 5.22. The van der Waals surface area contributed by atoms with Crippen LogP contribution >= 0.6 is 0 Å². The van der Waals surface area contributed by atoms with Gasteiger partial charge in [-0.05, 0) is 36.1 Å². The molecule has 0 aliphatic heterocycles. The summed E-state index contributed by atoms with van der Waals surface area (Å²) >= 11 is 0. The predicted octanol–water partition coefficient (Wildman–Crippen LogP) is 4.32. The molecule has 1 saturated carbocycles. The summed E-state index contributed by atoms with van der Waals surface area (Å²) in [6, 6.07) is 3.68. The molecule has 0 saturated heterocycles. The van der Waals surface area contributed by atoms with Gasteiger partial charge in [-0.2, -0.15) is 0 Å². The molecule has 0 aromatic carbocycles. The first kappa shape index (κ1) is 14.7. The van der Waals surface area contributed by atoms with Crippen molar-refractivity contribution in [3.8, 4) is 0 Å². The zero-order chi connectivity index (χ0) is 17.0. The highest BCUT2D eigenvalue weighted by molar-refractivity contribution is 5.83. The van der Waals surface area contributed by atoms with E-state index in [0.29, 0.717) is 11.6 Å². The van der Waals surface area contributed by atoms with Crippen LogP contribution in [0.25, 0.3) is 11.2 Å². The van der Waals surface area contributed by atoms with E-state index in [1.54, 1.807) is 12.3 Å². The van der Waals surface area contributed by atoms with E-state index in [2.05, 4.69) is 16.0 Å². The summed E-state index contributed by atoms with van der Waals surface area (Å²) in [6.45, 7) is 0. The maximum Gasteiger partial charge on any atom is 0.280 e. The minimum Gasteiger partial charge on any atom is -0.298 e. The van der Waals surface area contributed by atoms with Gasteiger partial charge in [-0.3, -0.25) is 4.40 Å². The van der Waals surface area contributed by atoms with E-state index in [-0.39, 0.29) is 5.69 Å². The molecule has 0 spiro atoms. The number of pyridine rings is 1. The number of hydrogen-bond acceptors (Lipinski definition) is 3. The number of imidazole rings is 1. The molecule has 0 bridgehead atoms. The summed E-state index contributed by atoms with van der Waals surface area (Å²) in [5.74, 6) is 1.45. The van der Waals surface area contributed by atoms with Crippen molar-refractivity contribution in [2.45, 2.75) is 38.0 Å². The fourth-order valence-electron chi connectivity index (χ4n) is 3.58. The molecule has 3 aromatic heterocycles. The SMILES string of the molecule is FC(F)c1cnc2ccc(C3=CCc4nc(C5CCC5)ncc43)cn12. The monoisotopic (exact) mass is 338 g/mol. The van der Waals surface area contributed by atoms with Crippen LogP contribution in [0, 0.1) is 0 Å². The average molecular weight is 338 g/mol. The molecule has 0 atom stereocenters. The third kappa shape index (κ3) is 2.27. The van der Waals surface area contributed by atoms with E-state index in [4.69, 9.17) is 4.98 Å². The third-order valence-corrected chi connectivity index (χ3v) is 5.22. The van der Waals surface area contributed by atoms with E-state index in [0.717, 1.165) is 34.6 Å². The predicted molar refractivity (Wildman–Crippen MR) is 89.6 cm³/mol. The van der Waals surface area contributed by atoms with Crippen molar-refractivity contribution < 1.29 is 8.78 Å². The van der Waals surface area contributed by atoms with E-state index in [1.807, 2.05) is 12.3 Å². The van der Waals surface area contributed by atoms with E-state index < -0.39 is 6.43 Å². The molecule has 3 heterocycles. The zero-order valence-electron chi connectivity index (χ0n) is 13.5. The molecule has 6 heteroatoms. The van der Waals surface area contributed by atoms with Gasteiger partial charge >= 0.3 is 0 Å². The van der Waals surface area contributed by atoms with Crippen LogP contribution in [0.3, 0.4) is 0 Å². The number of nitrogens with zero attached hydrogens (tertiary/aromatic N) is 4. The van der Waals surface area contributed by atoms with Gasteiger partial charge in [0.05, 0.1) is 11.9 Å². The lowest BCUT2D eigenvalue weighted by Crippen LogP contribution is -2.13.